The van der Waals surface area contributed by atoms with Gasteiger partial charge in [-0.2, -0.15) is 0 Å². The summed E-state index contributed by atoms with van der Waals surface area (Å²) in [6.07, 6.45) is 2.02. The third kappa shape index (κ3) is 3.92. The van der Waals surface area contributed by atoms with Crippen molar-refractivity contribution in [2.45, 2.75) is 11.8 Å². The fourth-order valence-corrected chi connectivity index (χ4v) is 2.32. The maximum atomic E-state index is 11.8. The van der Waals surface area contributed by atoms with E-state index < -0.39 is 0 Å². The summed E-state index contributed by atoms with van der Waals surface area (Å²) in [6, 6.07) is 13.1. The number of benzene rings is 2. The molecule has 0 aliphatic rings. The first-order valence-electron chi connectivity index (χ1n) is 6.61. The van der Waals surface area contributed by atoms with Crippen LogP contribution in [0.4, 0.5) is 17.1 Å². The molecule has 0 aliphatic carbocycles. The predicted molar refractivity (Wildman–Crippen MR) is 88.3 cm³/mol. The summed E-state index contributed by atoms with van der Waals surface area (Å²) in [5, 5.41) is 3.24. The number of carbonyl (C=O) groups excluding carboxylic acids is 1. The van der Waals surface area contributed by atoms with Gasteiger partial charge in [-0.3, -0.25) is 0 Å². The van der Waals surface area contributed by atoms with Crippen LogP contribution in [0.2, 0.25) is 0 Å². The lowest BCUT2D eigenvalue weighted by Gasteiger charge is -2.12. The molecular formula is C16H18N2O2S. The Morgan fingerprint density at radius 2 is 2.10 bits per heavy atom. The molecule has 0 radical (unpaired) electrons. The number of nitrogen functional groups attached to an aromatic ring is 1. The van der Waals surface area contributed by atoms with Crippen LogP contribution >= 0.6 is 11.8 Å². The second-order valence-electron chi connectivity index (χ2n) is 4.38. The molecule has 0 fully saturated rings. The Hall–Kier alpha value is -2.14. The second-order valence-corrected chi connectivity index (χ2v) is 5.26. The number of anilines is 3. The van der Waals surface area contributed by atoms with E-state index >= 15 is 0 Å². The van der Waals surface area contributed by atoms with Gasteiger partial charge in [0.15, 0.2) is 0 Å². The summed E-state index contributed by atoms with van der Waals surface area (Å²) in [6.45, 7) is 2.13. The normalized spacial score (nSPS) is 10.2. The highest BCUT2D eigenvalue weighted by atomic mass is 32.2. The van der Waals surface area contributed by atoms with E-state index in [1.165, 1.54) is 0 Å². The Kier molecular flexibility index (Phi) is 5.11. The molecule has 4 nitrogen and oxygen atoms in total. The van der Waals surface area contributed by atoms with Crippen LogP contribution in [-0.4, -0.2) is 18.8 Å². The monoisotopic (exact) mass is 302 g/mol. The van der Waals surface area contributed by atoms with Gasteiger partial charge in [-0.25, -0.2) is 4.79 Å². The average molecular weight is 302 g/mol. The molecule has 21 heavy (non-hydrogen) atoms. The maximum absolute atomic E-state index is 11.8. The molecule has 0 bridgehead atoms. The molecule has 0 amide bonds. The number of hydrogen-bond donors (Lipinski definition) is 2. The maximum Gasteiger partial charge on any atom is 0.338 e. The van der Waals surface area contributed by atoms with Crippen molar-refractivity contribution in [3.8, 4) is 0 Å². The van der Waals surface area contributed by atoms with Gasteiger partial charge in [0.2, 0.25) is 0 Å². The molecule has 2 aromatic carbocycles. The number of nitrogens with two attached hydrogens (primary N) is 1. The number of esters is 1. The summed E-state index contributed by atoms with van der Waals surface area (Å²) >= 11 is 1.67. The highest BCUT2D eigenvalue weighted by molar-refractivity contribution is 7.98. The SMILES string of the molecule is CCOC(=O)c1ccc(N)c(Nc2cccc(SC)c2)c1. The molecule has 2 aromatic rings. The van der Waals surface area contributed by atoms with E-state index in [0.29, 0.717) is 23.5 Å². The average Bonchev–Trinajstić information content (AvgIpc) is 2.50. The Morgan fingerprint density at radius 1 is 1.29 bits per heavy atom. The molecule has 0 unspecified atom stereocenters. The van der Waals surface area contributed by atoms with Crippen LogP contribution in [0.3, 0.4) is 0 Å². The standard InChI is InChI=1S/C16H18N2O2S/c1-3-20-16(19)11-7-8-14(17)15(9-11)18-12-5-4-6-13(10-12)21-2/h4-10,18H,3,17H2,1-2H3. The van der Waals surface area contributed by atoms with Gasteiger partial charge in [0.05, 0.1) is 23.5 Å². The number of nitrogens with one attached hydrogen (secondary N) is 1. The third-order valence-corrected chi connectivity index (χ3v) is 3.64. The van der Waals surface area contributed by atoms with E-state index in [1.54, 1.807) is 36.9 Å². The van der Waals surface area contributed by atoms with Gasteiger partial charge in [0.25, 0.3) is 0 Å². The molecule has 0 aliphatic heterocycles. The molecule has 0 aromatic heterocycles. The number of hydrogen-bond acceptors (Lipinski definition) is 5. The van der Waals surface area contributed by atoms with Crippen molar-refractivity contribution in [1.82, 2.24) is 0 Å². The molecule has 0 spiro atoms. The van der Waals surface area contributed by atoms with Crippen molar-refractivity contribution in [2.24, 2.45) is 0 Å². The van der Waals surface area contributed by atoms with Gasteiger partial charge in [-0.05, 0) is 49.6 Å². The Morgan fingerprint density at radius 3 is 2.81 bits per heavy atom. The topological polar surface area (TPSA) is 64.3 Å². The molecule has 2 rings (SSSR count). The van der Waals surface area contributed by atoms with E-state index in [1.807, 2.05) is 30.5 Å². The molecule has 0 heterocycles. The summed E-state index contributed by atoms with van der Waals surface area (Å²) in [5.74, 6) is -0.349. The van der Waals surface area contributed by atoms with Crippen LogP contribution in [0.15, 0.2) is 47.4 Å². The fraction of sp³-hybridized carbons (Fsp3) is 0.188. The highest BCUT2D eigenvalue weighted by Gasteiger charge is 2.09. The lowest BCUT2D eigenvalue weighted by atomic mass is 10.1. The largest absolute Gasteiger partial charge is 0.462 e. The molecular weight excluding hydrogens is 284 g/mol. The molecule has 0 saturated carbocycles. The quantitative estimate of drug-likeness (QED) is 0.498. The van der Waals surface area contributed by atoms with Crippen LogP contribution in [0.5, 0.6) is 0 Å². The van der Waals surface area contributed by atoms with Crippen LogP contribution in [0.1, 0.15) is 17.3 Å². The molecule has 5 heteroatoms. The molecule has 110 valence electrons. The van der Waals surface area contributed by atoms with Crippen molar-refractivity contribution >= 4 is 34.8 Å². The van der Waals surface area contributed by atoms with Crippen LogP contribution in [0, 0.1) is 0 Å². The van der Waals surface area contributed by atoms with Crippen LogP contribution in [0.25, 0.3) is 0 Å². The number of ether oxygens (including phenoxy) is 1. The summed E-state index contributed by atoms with van der Waals surface area (Å²) in [7, 11) is 0. The van der Waals surface area contributed by atoms with E-state index in [2.05, 4.69) is 5.32 Å². The first kappa shape index (κ1) is 15.3. The van der Waals surface area contributed by atoms with Gasteiger partial charge in [-0.15, -0.1) is 11.8 Å². The van der Waals surface area contributed by atoms with Gasteiger partial charge in [0.1, 0.15) is 0 Å². The zero-order valence-corrected chi connectivity index (χ0v) is 12.9. The second kappa shape index (κ2) is 7.04. The van der Waals surface area contributed by atoms with Gasteiger partial charge in [0, 0.05) is 10.6 Å². The van der Waals surface area contributed by atoms with E-state index in [4.69, 9.17) is 10.5 Å². The highest BCUT2D eigenvalue weighted by Crippen LogP contribution is 2.27. The number of rotatable bonds is 5. The zero-order valence-electron chi connectivity index (χ0n) is 12.1. The number of carbonyl (C=O) groups is 1. The smallest absolute Gasteiger partial charge is 0.338 e. The number of thioether (sulfide) groups is 1. The summed E-state index contributed by atoms with van der Waals surface area (Å²) in [4.78, 5) is 12.9. The van der Waals surface area contributed by atoms with Crippen molar-refractivity contribution < 1.29 is 9.53 Å². The minimum atomic E-state index is -0.349. The molecule has 0 saturated heterocycles. The van der Waals surface area contributed by atoms with E-state index in [-0.39, 0.29) is 5.97 Å². The minimum absolute atomic E-state index is 0.349. The van der Waals surface area contributed by atoms with Gasteiger partial charge >= 0.3 is 5.97 Å². The van der Waals surface area contributed by atoms with Crippen molar-refractivity contribution in [3.05, 3.63) is 48.0 Å². The Balaban J connectivity index is 2.26. The van der Waals surface area contributed by atoms with Crippen LogP contribution in [-0.2, 0) is 4.74 Å². The third-order valence-electron chi connectivity index (χ3n) is 2.91. The van der Waals surface area contributed by atoms with Crippen molar-refractivity contribution in [3.63, 3.8) is 0 Å². The summed E-state index contributed by atoms with van der Waals surface area (Å²) in [5.41, 5.74) is 8.64. The minimum Gasteiger partial charge on any atom is -0.462 e. The zero-order chi connectivity index (χ0) is 15.2. The van der Waals surface area contributed by atoms with Gasteiger partial charge in [-0.1, -0.05) is 6.07 Å². The fourth-order valence-electron chi connectivity index (χ4n) is 1.86. The van der Waals surface area contributed by atoms with E-state index in [0.717, 1.165) is 10.6 Å². The van der Waals surface area contributed by atoms with E-state index in [9.17, 15) is 4.79 Å². The first-order valence-corrected chi connectivity index (χ1v) is 7.84. The van der Waals surface area contributed by atoms with Crippen molar-refractivity contribution in [1.29, 1.82) is 0 Å². The lowest BCUT2D eigenvalue weighted by molar-refractivity contribution is 0.0526. The van der Waals surface area contributed by atoms with Crippen LogP contribution < -0.4 is 11.1 Å². The lowest BCUT2D eigenvalue weighted by Crippen LogP contribution is -2.06. The van der Waals surface area contributed by atoms with Crippen molar-refractivity contribution in [2.75, 3.05) is 23.9 Å². The Bertz CT molecular complexity index is 644. The summed E-state index contributed by atoms with van der Waals surface area (Å²) < 4.78 is 5.00. The Labute approximate surface area is 128 Å². The first-order chi connectivity index (χ1) is 10.1. The molecule has 0 atom stereocenters. The predicted octanol–water partition coefficient (Wildman–Crippen LogP) is 3.91. The molecule has 3 N–H and O–H groups in total. The van der Waals surface area contributed by atoms with Gasteiger partial charge < -0.3 is 15.8 Å².